The van der Waals surface area contributed by atoms with E-state index in [1.165, 1.54) is 51.0 Å². The summed E-state index contributed by atoms with van der Waals surface area (Å²) in [6, 6.07) is 0. The Morgan fingerprint density at radius 1 is 1.28 bits per heavy atom. The van der Waals surface area contributed by atoms with Crippen LogP contribution >= 0.6 is 12.2 Å². The molecule has 0 atom stereocenters. The van der Waals surface area contributed by atoms with E-state index in [1.54, 1.807) is 0 Å². The SMILES string of the molecule is CN1CCC(CCn2c(C3CC3)n[nH]c2=S)CC1. The van der Waals surface area contributed by atoms with E-state index in [9.17, 15) is 0 Å². The monoisotopic (exact) mass is 266 g/mol. The fourth-order valence-corrected chi connectivity index (χ4v) is 3.09. The highest BCUT2D eigenvalue weighted by molar-refractivity contribution is 7.71. The molecule has 0 radical (unpaired) electrons. The van der Waals surface area contributed by atoms with Gasteiger partial charge in [0.25, 0.3) is 0 Å². The summed E-state index contributed by atoms with van der Waals surface area (Å²) >= 11 is 5.34. The van der Waals surface area contributed by atoms with Gasteiger partial charge in [-0.05, 0) is 70.4 Å². The second kappa shape index (κ2) is 5.13. The average molecular weight is 266 g/mol. The van der Waals surface area contributed by atoms with Crippen molar-refractivity contribution in [3.8, 4) is 0 Å². The molecule has 4 nitrogen and oxygen atoms in total. The van der Waals surface area contributed by atoms with Gasteiger partial charge in [0, 0.05) is 12.5 Å². The van der Waals surface area contributed by atoms with Crippen LogP contribution in [0.4, 0.5) is 0 Å². The Hall–Kier alpha value is -0.680. The summed E-state index contributed by atoms with van der Waals surface area (Å²) in [5, 5.41) is 7.35. The molecule has 2 heterocycles. The number of nitrogens with zero attached hydrogens (tertiary/aromatic N) is 3. The van der Waals surface area contributed by atoms with Gasteiger partial charge in [0.1, 0.15) is 5.82 Å². The molecule has 18 heavy (non-hydrogen) atoms. The number of aromatic nitrogens is 3. The van der Waals surface area contributed by atoms with Crippen molar-refractivity contribution in [3.05, 3.63) is 10.6 Å². The van der Waals surface area contributed by atoms with Crippen LogP contribution in [0.5, 0.6) is 0 Å². The number of rotatable bonds is 4. The minimum Gasteiger partial charge on any atom is -0.306 e. The van der Waals surface area contributed by atoms with Crippen LogP contribution in [0.25, 0.3) is 0 Å². The van der Waals surface area contributed by atoms with Gasteiger partial charge in [-0.3, -0.25) is 5.10 Å². The molecule has 0 spiro atoms. The van der Waals surface area contributed by atoms with Crippen LogP contribution in [0.3, 0.4) is 0 Å². The number of hydrogen-bond acceptors (Lipinski definition) is 3. The van der Waals surface area contributed by atoms with Gasteiger partial charge in [-0.25, -0.2) is 0 Å². The van der Waals surface area contributed by atoms with Gasteiger partial charge < -0.3 is 9.47 Å². The van der Waals surface area contributed by atoms with Crippen molar-refractivity contribution < 1.29 is 0 Å². The number of piperidine rings is 1. The first kappa shape index (κ1) is 12.4. The van der Waals surface area contributed by atoms with Gasteiger partial charge in [-0.1, -0.05) is 0 Å². The van der Waals surface area contributed by atoms with Crippen molar-refractivity contribution in [1.82, 2.24) is 19.7 Å². The molecule has 0 amide bonds. The van der Waals surface area contributed by atoms with Gasteiger partial charge in [-0.2, -0.15) is 5.10 Å². The summed E-state index contributed by atoms with van der Waals surface area (Å²) in [6.45, 7) is 3.55. The number of hydrogen-bond donors (Lipinski definition) is 1. The van der Waals surface area contributed by atoms with Crippen molar-refractivity contribution in [2.24, 2.45) is 5.92 Å². The summed E-state index contributed by atoms with van der Waals surface area (Å²) in [6.07, 6.45) is 6.49. The summed E-state index contributed by atoms with van der Waals surface area (Å²) in [4.78, 5) is 2.43. The van der Waals surface area contributed by atoms with Crippen LogP contribution in [-0.2, 0) is 6.54 Å². The third-order valence-electron chi connectivity index (χ3n) is 4.33. The minimum atomic E-state index is 0.676. The van der Waals surface area contributed by atoms with Gasteiger partial charge in [-0.15, -0.1) is 0 Å². The number of aromatic amines is 1. The second-order valence-electron chi connectivity index (χ2n) is 5.85. The van der Waals surface area contributed by atoms with E-state index in [-0.39, 0.29) is 0 Å². The highest BCUT2D eigenvalue weighted by Crippen LogP contribution is 2.39. The van der Waals surface area contributed by atoms with Crippen molar-refractivity contribution in [2.75, 3.05) is 20.1 Å². The molecular weight excluding hydrogens is 244 g/mol. The Morgan fingerprint density at radius 2 is 2.00 bits per heavy atom. The lowest BCUT2D eigenvalue weighted by atomic mass is 9.94. The molecule has 1 saturated carbocycles. The molecule has 1 aliphatic carbocycles. The van der Waals surface area contributed by atoms with Crippen LogP contribution in [0, 0.1) is 10.7 Å². The number of nitrogens with one attached hydrogen (secondary N) is 1. The molecule has 1 N–H and O–H groups in total. The summed E-state index contributed by atoms with van der Waals surface area (Å²) in [7, 11) is 2.22. The second-order valence-corrected chi connectivity index (χ2v) is 6.23. The van der Waals surface area contributed by atoms with E-state index in [0.717, 1.165) is 17.2 Å². The molecule has 0 aromatic carbocycles. The Kier molecular flexibility index (Phi) is 3.52. The highest BCUT2D eigenvalue weighted by atomic mass is 32.1. The van der Waals surface area contributed by atoms with Crippen molar-refractivity contribution in [2.45, 2.75) is 44.6 Å². The van der Waals surface area contributed by atoms with E-state index in [0.29, 0.717) is 5.92 Å². The Morgan fingerprint density at radius 3 is 2.67 bits per heavy atom. The predicted octanol–water partition coefficient (Wildman–Crippen LogP) is 2.55. The summed E-state index contributed by atoms with van der Waals surface area (Å²) in [5.41, 5.74) is 0. The Balaban J connectivity index is 1.59. The lowest BCUT2D eigenvalue weighted by molar-refractivity contribution is 0.207. The van der Waals surface area contributed by atoms with E-state index < -0.39 is 0 Å². The number of likely N-dealkylation sites (tertiary alicyclic amines) is 1. The molecule has 2 fully saturated rings. The van der Waals surface area contributed by atoms with E-state index >= 15 is 0 Å². The minimum absolute atomic E-state index is 0.676. The fraction of sp³-hybridized carbons (Fsp3) is 0.846. The zero-order chi connectivity index (χ0) is 12.5. The third kappa shape index (κ3) is 2.67. The van der Waals surface area contributed by atoms with E-state index in [2.05, 4.69) is 26.7 Å². The molecule has 2 aliphatic rings. The molecule has 5 heteroatoms. The molecule has 100 valence electrons. The van der Waals surface area contributed by atoms with Gasteiger partial charge in [0.15, 0.2) is 4.77 Å². The topological polar surface area (TPSA) is 36.9 Å². The lowest BCUT2D eigenvalue weighted by Gasteiger charge is -2.29. The van der Waals surface area contributed by atoms with Gasteiger partial charge >= 0.3 is 0 Å². The maximum Gasteiger partial charge on any atom is 0.195 e. The van der Waals surface area contributed by atoms with Gasteiger partial charge in [0.05, 0.1) is 0 Å². The molecular formula is C13H22N4S. The molecule has 1 aromatic heterocycles. The first-order chi connectivity index (χ1) is 8.74. The predicted molar refractivity (Wildman–Crippen MR) is 74.2 cm³/mol. The molecule has 1 saturated heterocycles. The average Bonchev–Trinajstić information content (AvgIpc) is 3.14. The summed E-state index contributed by atoms with van der Waals surface area (Å²) in [5.74, 6) is 2.74. The highest BCUT2D eigenvalue weighted by Gasteiger charge is 2.29. The number of H-pyrrole nitrogens is 1. The van der Waals surface area contributed by atoms with Crippen LogP contribution in [0.1, 0.15) is 43.8 Å². The van der Waals surface area contributed by atoms with Crippen LogP contribution < -0.4 is 0 Å². The van der Waals surface area contributed by atoms with Crippen molar-refractivity contribution in [1.29, 1.82) is 0 Å². The fourth-order valence-electron chi connectivity index (χ4n) is 2.86. The maximum absolute atomic E-state index is 5.34. The van der Waals surface area contributed by atoms with Crippen LogP contribution in [-0.4, -0.2) is 39.8 Å². The first-order valence-corrected chi connectivity index (χ1v) is 7.48. The summed E-state index contributed by atoms with van der Waals surface area (Å²) < 4.78 is 3.05. The zero-order valence-electron chi connectivity index (χ0n) is 11.1. The smallest absolute Gasteiger partial charge is 0.195 e. The van der Waals surface area contributed by atoms with Crippen molar-refractivity contribution >= 4 is 12.2 Å². The first-order valence-electron chi connectivity index (χ1n) is 7.07. The Labute approximate surface area is 113 Å². The van der Waals surface area contributed by atoms with Gasteiger partial charge in [0.2, 0.25) is 0 Å². The molecule has 1 aromatic rings. The van der Waals surface area contributed by atoms with E-state index in [1.807, 2.05) is 0 Å². The lowest BCUT2D eigenvalue weighted by Crippen LogP contribution is -2.30. The standard InChI is InChI=1S/C13H22N4S/c1-16-7-4-10(5-8-16)6-9-17-12(11-2-3-11)14-15-13(17)18/h10-11H,2-9H2,1H3,(H,15,18). The third-order valence-corrected chi connectivity index (χ3v) is 4.64. The van der Waals surface area contributed by atoms with Crippen molar-refractivity contribution in [3.63, 3.8) is 0 Å². The van der Waals surface area contributed by atoms with Crippen LogP contribution in [0.15, 0.2) is 0 Å². The molecule has 0 unspecified atom stereocenters. The normalized spacial score (nSPS) is 22.5. The molecule has 0 bridgehead atoms. The largest absolute Gasteiger partial charge is 0.306 e. The Bertz CT molecular complexity index is 452. The van der Waals surface area contributed by atoms with E-state index in [4.69, 9.17) is 12.2 Å². The van der Waals surface area contributed by atoms with Crippen LogP contribution in [0.2, 0.25) is 0 Å². The molecule has 1 aliphatic heterocycles. The quantitative estimate of drug-likeness (QED) is 0.851. The maximum atomic E-state index is 5.34. The molecule has 3 rings (SSSR count). The zero-order valence-corrected chi connectivity index (χ0v) is 11.9.